The minimum Gasteiger partial charge on any atom is -0.461 e. The first kappa shape index (κ1) is 50.9. The lowest BCUT2D eigenvalue weighted by Crippen LogP contribution is -2.35. The first-order chi connectivity index (χ1) is 34.6. The number of nitrogens with zero attached hydrogens (tertiary/aromatic N) is 10. The molecular weight excluding hydrogens is 945 g/mol. The number of ether oxygens (including phenoxy) is 2. The second kappa shape index (κ2) is 22.3. The molecule has 72 heavy (non-hydrogen) atoms. The third-order valence-corrected chi connectivity index (χ3v) is 13.6. The Morgan fingerprint density at radius 1 is 0.625 bits per heavy atom. The fourth-order valence-corrected chi connectivity index (χ4v) is 8.50. The third-order valence-electron chi connectivity index (χ3n) is 12.7. The van der Waals surface area contributed by atoms with E-state index >= 15 is 0 Å². The van der Waals surface area contributed by atoms with E-state index in [2.05, 4.69) is 83.5 Å². The lowest BCUT2D eigenvalue weighted by molar-refractivity contribution is -0.132. The van der Waals surface area contributed by atoms with Crippen molar-refractivity contribution in [2.45, 2.75) is 70.4 Å². The Hall–Kier alpha value is -7.47. The van der Waals surface area contributed by atoms with Gasteiger partial charge in [0, 0.05) is 62.9 Å². The van der Waals surface area contributed by atoms with Gasteiger partial charge < -0.3 is 40.8 Å². The first-order valence-electron chi connectivity index (χ1n) is 23.5. The van der Waals surface area contributed by atoms with Gasteiger partial charge in [-0.15, -0.1) is 10.2 Å². The number of ketones is 2. The zero-order chi connectivity index (χ0) is 50.9. The topological polar surface area (TPSA) is 315 Å². The van der Waals surface area contributed by atoms with Gasteiger partial charge in [0.1, 0.15) is 11.6 Å². The Kier molecular flexibility index (Phi) is 15.8. The van der Waals surface area contributed by atoms with Crippen LogP contribution in [0, 0.1) is 10.8 Å². The van der Waals surface area contributed by atoms with Crippen molar-refractivity contribution in [2.75, 3.05) is 62.6 Å². The molecule has 8 aromatic rings. The van der Waals surface area contributed by atoms with E-state index in [-0.39, 0.29) is 34.3 Å². The molecule has 8 heterocycles. The molecule has 378 valence electrons. The summed E-state index contributed by atoms with van der Waals surface area (Å²) in [6.07, 6.45) is 9.94. The van der Waals surface area contributed by atoms with E-state index in [1.54, 1.807) is 30.5 Å². The molecule has 2 fully saturated rings. The maximum absolute atomic E-state index is 12.8. The predicted molar refractivity (Wildman–Crippen MR) is 266 cm³/mol. The van der Waals surface area contributed by atoms with Crippen LogP contribution in [0.3, 0.4) is 0 Å². The number of carbonyl (C=O) groups excluding carboxylic acids is 2. The largest absolute Gasteiger partial charge is 0.461 e. The third kappa shape index (κ3) is 12.5. The van der Waals surface area contributed by atoms with Gasteiger partial charge in [-0.25, -0.2) is 8.42 Å². The molecule has 2 aliphatic rings. The molecule has 0 aliphatic carbocycles. The van der Waals surface area contributed by atoms with Gasteiger partial charge in [-0.3, -0.25) is 9.59 Å². The number of rotatable bonds is 15. The Balaban J connectivity index is 0.000000156. The van der Waals surface area contributed by atoms with Crippen molar-refractivity contribution < 1.29 is 36.3 Å². The SMILES string of the molecule is CC1(C(=O)Cc2ccc(CCN)cc2)CCOCC1.CC1(C(=O)Cc2ccc(CCNc3nc(N)n4nc(-c5ccco5)nc4n3)cc2)CCOCC1.CS(=O)(=O)c1nc(N)n2nc(-c3ccco3)nc2n1. The van der Waals surface area contributed by atoms with Crippen molar-refractivity contribution in [1.29, 1.82) is 0 Å². The van der Waals surface area contributed by atoms with Crippen LogP contribution in [-0.2, 0) is 54.6 Å². The van der Waals surface area contributed by atoms with Gasteiger partial charge in [0.05, 0.1) is 12.5 Å². The number of sulfone groups is 1. The number of aromatic nitrogens is 10. The summed E-state index contributed by atoms with van der Waals surface area (Å²) in [5, 5.41) is 11.1. The molecule has 0 radical (unpaired) electrons. The number of hydrogen-bond donors (Lipinski definition) is 4. The summed E-state index contributed by atoms with van der Waals surface area (Å²) in [7, 11) is -3.57. The number of furan rings is 2. The number of anilines is 3. The molecule has 2 aliphatic heterocycles. The Bertz CT molecular complexity index is 3200. The van der Waals surface area contributed by atoms with Gasteiger partial charge in [0.25, 0.3) is 16.7 Å². The quantitative estimate of drug-likeness (QED) is 0.107. The van der Waals surface area contributed by atoms with Gasteiger partial charge >= 0.3 is 0 Å². The summed E-state index contributed by atoms with van der Waals surface area (Å²) in [6.45, 7) is 8.15. The van der Waals surface area contributed by atoms with Crippen LogP contribution in [0.4, 0.5) is 17.8 Å². The fourth-order valence-electron chi connectivity index (χ4n) is 7.99. The summed E-state index contributed by atoms with van der Waals surface area (Å²) < 4.78 is 46.6. The highest BCUT2D eigenvalue weighted by Gasteiger charge is 2.35. The van der Waals surface area contributed by atoms with Crippen LogP contribution in [0.15, 0.2) is 99.3 Å². The zero-order valence-corrected chi connectivity index (χ0v) is 41.2. The van der Waals surface area contributed by atoms with Gasteiger partial charge in [0.15, 0.2) is 11.5 Å². The highest BCUT2D eigenvalue weighted by atomic mass is 32.2. The number of fused-ring (bicyclic) bond motifs is 2. The van der Waals surface area contributed by atoms with Crippen LogP contribution in [0.5, 0.6) is 0 Å². The van der Waals surface area contributed by atoms with Crippen molar-refractivity contribution in [2.24, 2.45) is 16.6 Å². The number of Topliss-reactive ketones (excluding diaryl/α,β-unsaturated/α-hetero) is 2. The molecule has 2 aromatic carbocycles. The number of hydrogen-bond acceptors (Lipinski definition) is 20. The van der Waals surface area contributed by atoms with Crippen LogP contribution in [0.25, 0.3) is 34.7 Å². The Morgan fingerprint density at radius 3 is 1.51 bits per heavy atom. The van der Waals surface area contributed by atoms with E-state index in [0.29, 0.717) is 93.0 Å². The van der Waals surface area contributed by atoms with Crippen LogP contribution in [-0.4, -0.2) is 115 Å². The summed E-state index contributed by atoms with van der Waals surface area (Å²) in [5.74, 6) is 3.06. The molecule has 0 bridgehead atoms. The van der Waals surface area contributed by atoms with Gasteiger partial charge in [0.2, 0.25) is 39.3 Å². The van der Waals surface area contributed by atoms with E-state index in [1.165, 1.54) is 16.3 Å². The zero-order valence-electron chi connectivity index (χ0n) is 40.4. The summed E-state index contributed by atoms with van der Waals surface area (Å²) >= 11 is 0. The maximum atomic E-state index is 12.8. The number of nitrogen functional groups attached to an aromatic ring is 2. The van der Waals surface area contributed by atoms with Crippen LogP contribution < -0.4 is 22.5 Å². The average Bonchev–Trinajstić information content (AvgIpc) is 4.22. The molecule has 0 atom stereocenters. The molecule has 10 rings (SSSR count). The summed E-state index contributed by atoms with van der Waals surface area (Å²) in [6, 6.07) is 23.3. The molecule has 0 amide bonds. The smallest absolute Gasteiger partial charge is 0.259 e. The number of benzene rings is 2. The van der Waals surface area contributed by atoms with Gasteiger partial charge in [-0.1, -0.05) is 62.4 Å². The van der Waals surface area contributed by atoms with Gasteiger partial charge in [-0.05, 0) is 91.6 Å². The van der Waals surface area contributed by atoms with Crippen LogP contribution in [0.2, 0.25) is 0 Å². The van der Waals surface area contributed by atoms with Gasteiger partial charge in [-0.2, -0.15) is 38.9 Å². The standard InChI is InChI=1S/C24H27N7O3.C16H23NO2.C9H8N6O3S/c1-24(9-13-33-14-10-24)19(32)15-17-6-4-16(5-7-17)8-11-26-22-28-21(25)31-23(29-22)27-20(30-31)18-3-2-12-34-18;1-16(7-10-19-11-8-16)15(18)12-14-4-2-13(3-5-14)6-9-17;1-19(16,17)9-12-7(10)15-8(13-9)11-6(14-15)5-3-2-4-18-5/h2-7,12H,8-11,13-15H2,1H3,(H3,25,26,27,28,29,30);2-5H,6-12,17H2,1H3;2-4H,1H3,(H2,10,11,12,13,14). The second-order valence-corrected chi connectivity index (χ2v) is 20.1. The summed E-state index contributed by atoms with van der Waals surface area (Å²) in [5.41, 5.74) is 21.2. The first-order valence-corrected chi connectivity index (χ1v) is 25.4. The van der Waals surface area contributed by atoms with Crippen LogP contribution >= 0.6 is 0 Å². The minimum absolute atomic E-state index is 0.0410. The molecule has 0 unspecified atom stereocenters. The lowest BCUT2D eigenvalue weighted by Gasteiger charge is -2.32. The van der Waals surface area contributed by atoms with Crippen LogP contribution in [0.1, 0.15) is 61.8 Å². The number of nitrogens with one attached hydrogen (secondary N) is 1. The van der Waals surface area contributed by atoms with Crippen molar-refractivity contribution in [1.82, 2.24) is 49.1 Å². The highest BCUT2D eigenvalue weighted by molar-refractivity contribution is 7.90. The minimum atomic E-state index is -3.57. The van der Waals surface area contributed by atoms with Crippen molar-refractivity contribution in [3.05, 3.63) is 108 Å². The molecule has 2 saturated heterocycles. The molecular formula is C49H58N14O8S. The summed E-state index contributed by atoms with van der Waals surface area (Å²) in [4.78, 5) is 49.8. The average molecular weight is 1000 g/mol. The van der Waals surface area contributed by atoms with E-state index in [9.17, 15) is 18.0 Å². The number of carbonyl (C=O) groups is 2. The van der Waals surface area contributed by atoms with Crippen molar-refractivity contribution in [3.63, 3.8) is 0 Å². The van der Waals surface area contributed by atoms with E-state index in [4.69, 9.17) is 35.5 Å². The normalized spacial score (nSPS) is 15.3. The number of nitrogens with two attached hydrogens (primary N) is 3. The fraction of sp³-hybridized carbons (Fsp3) is 0.388. The molecule has 0 saturated carbocycles. The van der Waals surface area contributed by atoms with E-state index in [0.717, 1.165) is 66.0 Å². The molecule has 0 spiro atoms. The second-order valence-electron chi connectivity index (χ2n) is 18.2. The van der Waals surface area contributed by atoms with E-state index in [1.807, 2.05) is 24.3 Å². The highest BCUT2D eigenvalue weighted by Crippen LogP contribution is 2.33. The van der Waals surface area contributed by atoms with Crippen molar-refractivity contribution >= 4 is 50.8 Å². The molecule has 23 heteroatoms. The molecule has 6 aromatic heterocycles. The Morgan fingerprint density at radius 2 is 1.07 bits per heavy atom. The lowest BCUT2D eigenvalue weighted by atomic mass is 9.76. The predicted octanol–water partition coefficient (Wildman–Crippen LogP) is 4.83. The Labute approximate surface area is 415 Å². The monoisotopic (exact) mass is 1000 g/mol. The molecule has 22 nitrogen and oxygen atoms in total. The molecule has 7 N–H and O–H groups in total. The van der Waals surface area contributed by atoms with Crippen molar-refractivity contribution in [3.8, 4) is 23.2 Å². The van der Waals surface area contributed by atoms with E-state index < -0.39 is 15.0 Å². The maximum Gasteiger partial charge on any atom is 0.259 e.